The van der Waals surface area contributed by atoms with Crippen molar-refractivity contribution in [1.82, 2.24) is 4.90 Å². The first kappa shape index (κ1) is 9.54. The van der Waals surface area contributed by atoms with Gasteiger partial charge in [0.25, 0.3) is 0 Å². The SMILES string of the molecule is [C-]#[N+]CCN1[C@H](C)CCC[C@H]1C. The van der Waals surface area contributed by atoms with Crippen LogP contribution in [0.25, 0.3) is 4.85 Å². The molecule has 0 saturated carbocycles. The van der Waals surface area contributed by atoms with Gasteiger partial charge in [-0.3, -0.25) is 4.90 Å². The van der Waals surface area contributed by atoms with E-state index in [9.17, 15) is 0 Å². The molecule has 2 atom stereocenters. The molecule has 0 aromatic heterocycles. The van der Waals surface area contributed by atoms with Crippen molar-refractivity contribution in [2.75, 3.05) is 13.1 Å². The maximum atomic E-state index is 6.75. The summed E-state index contributed by atoms with van der Waals surface area (Å²) in [5, 5.41) is 0. The highest BCUT2D eigenvalue weighted by molar-refractivity contribution is 4.81. The number of hydrogen-bond acceptors (Lipinski definition) is 1. The van der Waals surface area contributed by atoms with Crippen LogP contribution in [0, 0.1) is 6.57 Å². The van der Waals surface area contributed by atoms with Gasteiger partial charge in [-0.05, 0) is 26.7 Å². The predicted octanol–water partition coefficient (Wildman–Crippen LogP) is 2.17. The molecule has 1 heterocycles. The third kappa shape index (κ3) is 2.22. The molecule has 0 radical (unpaired) electrons. The molecule has 2 heteroatoms. The molecule has 2 nitrogen and oxygen atoms in total. The van der Waals surface area contributed by atoms with E-state index in [2.05, 4.69) is 23.6 Å². The fraction of sp³-hybridized carbons (Fsp3) is 0.900. The summed E-state index contributed by atoms with van der Waals surface area (Å²) in [6, 6.07) is 1.38. The molecule has 0 amide bonds. The van der Waals surface area contributed by atoms with Crippen LogP contribution in [-0.4, -0.2) is 30.1 Å². The summed E-state index contributed by atoms with van der Waals surface area (Å²) in [7, 11) is 0. The van der Waals surface area contributed by atoms with Gasteiger partial charge in [-0.15, -0.1) is 0 Å². The first-order valence-electron chi connectivity index (χ1n) is 4.84. The molecule has 0 N–H and O–H groups in total. The zero-order valence-electron chi connectivity index (χ0n) is 8.08. The van der Waals surface area contributed by atoms with E-state index in [1.807, 2.05) is 0 Å². The zero-order valence-corrected chi connectivity index (χ0v) is 8.08. The normalized spacial score (nSPS) is 31.4. The lowest BCUT2D eigenvalue weighted by Gasteiger charge is -2.37. The molecule has 12 heavy (non-hydrogen) atoms. The summed E-state index contributed by atoms with van der Waals surface area (Å²) in [5.74, 6) is 0. The topological polar surface area (TPSA) is 7.60 Å². The molecular weight excluding hydrogens is 148 g/mol. The monoisotopic (exact) mass is 166 g/mol. The number of hydrogen-bond donors (Lipinski definition) is 0. The largest absolute Gasteiger partial charge is 0.316 e. The Morgan fingerprint density at radius 2 is 1.92 bits per heavy atom. The lowest BCUT2D eigenvalue weighted by atomic mass is 9.98. The summed E-state index contributed by atoms with van der Waals surface area (Å²) >= 11 is 0. The van der Waals surface area contributed by atoms with E-state index in [-0.39, 0.29) is 0 Å². The maximum Gasteiger partial charge on any atom is 0.227 e. The highest BCUT2D eigenvalue weighted by Crippen LogP contribution is 2.21. The van der Waals surface area contributed by atoms with E-state index in [1.165, 1.54) is 19.3 Å². The van der Waals surface area contributed by atoms with E-state index in [4.69, 9.17) is 6.57 Å². The van der Waals surface area contributed by atoms with Crippen molar-refractivity contribution in [1.29, 1.82) is 0 Å². The van der Waals surface area contributed by atoms with Crippen LogP contribution in [0.5, 0.6) is 0 Å². The molecule has 1 fully saturated rings. The minimum Gasteiger partial charge on any atom is -0.316 e. The Morgan fingerprint density at radius 3 is 2.42 bits per heavy atom. The minimum atomic E-state index is 0.661. The summed E-state index contributed by atoms with van der Waals surface area (Å²) in [5.41, 5.74) is 0. The number of rotatable bonds is 2. The Labute approximate surface area is 75.4 Å². The summed E-state index contributed by atoms with van der Waals surface area (Å²) in [4.78, 5) is 5.88. The van der Waals surface area contributed by atoms with Crippen LogP contribution >= 0.6 is 0 Å². The van der Waals surface area contributed by atoms with E-state index in [0.717, 1.165) is 6.54 Å². The second-order valence-electron chi connectivity index (χ2n) is 3.75. The van der Waals surface area contributed by atoms with Crippen LogP contribution < -0.4 is 0 Å². The van der Waals surface area contributed by atoms with Crippen LogP contribution in [-0.2, 0) is 0 Å². The number of piperidine rings is 1. The third-order valence-electron chi connectivity index (χ3n) is 2.85. The van der Waals surface area contributed by atoms with Crippen LogP contribution in [0.1, 0.15) is 33.1 Å². The van der Waals surface area contributed by atoms with Crippen molar-refractivity contribution >= 4 is 0 Å². The average molecular weight is 166 g/mol. The van der Waals surface area contributed by atoms with E-state index in [1.54, 1.807) is 0 Å². The van der Waals surface area contributed by atoms with Gasteiger partial charge in [0.2, 0.25) is 6.54 Å². The standard InChI is InChI=1S/C10H18N2/c1-9-5-4-6-10(2)12(9)8-7-11-3/h9-10H,4-8H2,1-2H3/t9-,10-/m1/s1. The van der Waals surface area contributed by atoms with Gasteiger partial charge in [0, 0.05) is 12.1 Å². The molecule has 0 aliphatic carbocycles. The Balaban J connectivity index is 2.41. The Kier molecular flexibility index (Phi) is 3.55. The second kappa shape index (κ2) is 4.47. The van der Waals surface area contributed by atoms with Crippen molar-refractivity contribution in [3.63, 3.8) is 0 Å². The summed E-state index contributed by atoms with van der Waals surface area (Å²) in [6.45, 7) is 12.9. The third-order valence-corrected chi connectivity index (χ3v) is 2.85. The Morgan fingerprint density at radius 1 is 1.33 bits per heavy atom. The molecule has 0 unspecified atom stereocenters. The van der Waals surface area contributed by atoms with Gasteiger partial charge >= 0.3 is 0 Å². The summed E-state index contributed by atoms with van der Waals surface area (Å²) in [6.07, 6.45) is 3.97. The first-order valence-corrected chi connectivity index (χ1v) is 4.84. The van der Waals surface area contributed by atoms with Gasteiger partial charge in [-0.25, -0.2) is 6.57 Å². The van der Waals surface area contributed by atoms with Gasteiger partial charge in [0.1, 0.15) is 0 Å². The molecule has 0 spiro atoms. The molecule has 0 aromatic carbocycles. The molecule has 1 saturated heterocycles. The van der Waals surface area contributed by atoms with Crippen LogP contribution in [0.3, 0.4) is 0 Å². The molecule has 68 valence electrons. The van der Waals surface area contributed by atoms with E-state index >= 15 is 0 Å². The highest BCUT2D eigenvalue weighted by Gasteiger charge is 2.24. The first-order chi connectivity index (χ1) is 5.75. The fourth-order valence-corrected chi connectivity index (χ4v) is 2.08. The van der Waals surface area contributed by atoms with Crippen molar-refractivity contribution in [3.8, 4) is 0 Å². The number of nitrogens with zero attached hydrogens (tertiary/aromatic N) is 2. The van der Waals surface area contributed by atoms with Crippen molar-refractivity contribution < 1.29 is 0 Å². The predicted molar refractivity (Wildman–Crippen MR) is 51.0 cm³/mol. The van der Waals surface area contributed by atoms with Crippen LogP contribution in [0.4, 0.5) is 0 Å². The van der Waals surface area contributed by atoms with E-state index < -0.39 is 0 Å². The maximum absolute atomic E-state index is 6.75. The molecule has 1 aliphatic rings. The Hall–Kier alpha value is -0.550. The fourth-order valence-electron chi connectivity index (χ4n) is 2.08. The summed E-state index contributed by atoms with van der Waals surface area (Å²) < 4.78 is 0. The lowest BCUT2D eigenvalue weighted by molar-refractivity contribution is 0.110. The molecular formula is C10H18N2. The second-order valence-corrected chi connectivity index (χ2v) is 3.75. The van der Waals surface area contributed by atoms with Gasteiger partial charge in [0.15, 0.2) is 0 Å². The Bertz CT molecular complexity index is 161. The number of likely N-dealkylation sites (tertiary alicyclic amines) is 1. The van der Waals surface area contributed by atoms with Gasteiger partial charge in [0.05, 0.1) is 6.54 Å². The molecule has 1 rings (SSSR count). The van der Waals surface area contributed by atoms with E-state index in [0.29, 0.717) is 18.6 Å². The van der Waals surface area contributed by atoms with Gasteiger partial charge < -0.3 is 4.85 Å². The lowest BCUT2D eigenvalue weighted by Crippen LogP contribution is -2.44. The average Bonchev–Trinajstić information content (AvgIpc) is 2.04. The smallest absolute Gasteiger partial charge is 0.227 e. The van der Waals surface area contributed by atoms with Crippen LogP contribution in [0.15, 0.2) is 0 Å². The van der Waals surface area contributed by atoms with Gasteiger partial charge in [-0.1, -0.05) is 6.42 Å². The van der Waals surface area contributed by atoms with Crippen molar-refractivity contribution in [3.05, 3.63) is 11.4 Å². The quantitative estimate of drug-likeness (QED) is 0.570. The van der Waals surface area contributed by atoms with Crippen molar-refractivity contribution in [2.45, 2.75) is 45.2 Å². The van der Waals surface area contributed by atoms with Crippen molar-refractivity contribution in [2.24, 2.45) is 0 Å². The zero-order chi connectivity index (χ0) is 8.97. The minimum absolute atomic E-state index is 0.661. The molecule has 0 bridgehead atoms. The molecule has 1 aliphatic heterocycles. The van der Waals surface area contributed by atoms with Crippen LogP contribution in [0.2, 0.25) is 0 Å². The molecule has 0 aromatic rings. The van der Waals surface area contributed by atoms with Gasteiger partial charge in [-0.2, -0.15) is 0 Å². The highest BCUT2D eigenvalue weighted by atomic mass is 15.2.